The minimum atomic E-state index is -3.37. The Morgan fingerprint density at radius 3 is 2.50 bits per heavy atom. The molecule has 2 rings (SSSR count). The summed E-state index contributed by atoms with van der Waals surface area (Å²) in [5.41, 5.74) is 1.02. The predicted octanol–water partition coefficient (Wildman–Crippen LogP) is 3.41. The Hall–Kier alpha value is -1.80. The molecule has 1 heterocycles. The van der Waals surface area contributed by atoms with E-state index < -0.39 is 9.84 Å². The van der Waals surface area contributed by atoms with Crippen molar-refractivity contribution in [2.45, 2.75) is 44.4 Å². The summed E-state index contributed by atoms with van der Waals surface area (Å²) >= 11 is 1.36. The average molecular weight is 367 g/mol. The second-order valence-corrected chi connectivity index (χ2v) is 8.69. The topological polar surface area (TPSA) is 89.0 Å². The lowest BCUT2D eigenvalue weighted by Crippen LogP contribution is -2.14. The summed E-state index contributed by atoms with van der Waals surface area (Å²) in [6.07, 6.45) is 3.05. The predicted molar refractivity (Wildman–Crippen MR) is 95.5 cm³/mol. The number of hydrogen-bond acceptors (Lipinski definition) is 6. The summed E-state index contributed by atoms with van der Waals surface area (Å²) in [6.45, 7) is 5.94. The van der Waals surface area contributed by atoms with Crippen molar-refractivity contribution < 1.29 is 13.2 Å². The van der Waals surface area contributed by atoms with Crippen LogP contribution < -0.4 is 5.32 Å². The van der Waals surface area contributed by atoms with Gasteiger partial charge in [0.25, 0.3) is 5.91 Å². The molecule has 0 aliphatic rings. The van der Waals surface area contributed by atoms with Crippen molar-refractivity contribution in [3.63, 3.8) is 0 Å². The Morgan fingerprint density at radius 1 is 1.25 bits per heavy atom. The molecule has 24 heavy (non-hydrogen) atoms. The second kappa shape index (κ2) is 7.40. The lowest BCUT2D eigenvalue weighted by Gasteiger charge is -2.08. The summed E-state index contributed by atoms with van der Waals surface area (Å²) in [7, 11) is -3.37. The molecule has 0 saturated heterocycles. The van der Waals surface area contributed by atoms with Crippen molar-refractivity contribution in [2.24, 2.45) is 0 Å². The van der Waals surface area contributed by atoms with Gasteiger partial charge in [-0.05, 0) is 37.5 Å². The van der Waals surface area contributed by atoms with E-state index in [9.17, 15) is 13.2 Å². The molecule has 2 aromatic rings. The highest BCUT2D eigenvalue weighted by atomic mass is 32.2. The smallest absolute Gasteiger partial charge is 0.257 e. The zero-order valence-electron chi connectivity index (χ0n) is 14.2. The third-order valence-electron chi connectivity index (χ3n) is 3.88. The van der Waals surface area contributed by atoms with E-state index in [1.807, 2.05) is 0 Å². The van der Waals surface area contributed by atoms with E-state index in [-0.39, 0.29) is 10.8 Å². The van der Waals surface area contributed by atoms with Gasteiger partial charge in [0.2, 0.25) is 5.13 Å². The van der Waals surface area contributed by atoms with Gasteiger partial charge in [0.1, 0.15) is 5.01 Å². The molecule has 8 heteroatoms. The molecular weight excluding hydrogens is 346 g/mol. The molecule has 0 bridgehead atoms. The number of rotatable bonds is 6. The van der Waals surface area contributed by atoms with Gasteiger partial charge < -0.3 is 0 Å². The first-order valence-corrected chi connectivity index (χ1v) is 10.4. The number of amides is 1. The lowest BCUT2D eigenvalue weighted by molar-refractivity contribution is 0.102. The lowest BCUT2D eigenvalue weighted by atomic mass is 10.1. The third-order valence-corrected chi connectivity index (χ3v) is 5.99. The monoisotopic (exact) mass is 367 g/mol. The Balaban J connectivity index is 2.24. The first-order chi connectivity index (χ1) is 11.3. The van der Waals surface area contributed by atoms with E-state index in [0.717, 1.165) is 24.1 Å². The van der Waals surface area contributed by atoms with Crippen molar-refractivity contribution in [3.8, 4) is 0 Å². The Morgan fingerprint density at radius 2 is 1.92 bits per heavy atom. The number of carbonyl (C=O) groups excluding carboxylic acids is 1. The van der Waals surface area contributed by atoms with Crippen LogP contribution in [-0.4, -0.2) is 30.8 Å². The van der Waals surface area contributed by atoms with Crippen LogP contribution in [0.4, 0.5) is 5.13 Å². The fraction of sp³-hybridized carbons (Fsp3) is 0.438. The first kappa shape index (κ1) is 18.5. The van der Waals surface area contributed by atoms with Crippen molar-refractivity contribution in [1.82, 2.24) is 10.2 Å². The molecular formula is C16H21N3O3S2. The molecule has 0 atom stereocenters. The minimum absolute atomic E-state index is 0.119. The molecule has 0 aliphatic heterocycles. The fourth-order valence-corrected chi connectivity index (χ4v) is 3.98. The maximum absolute atomic E-state index is 12.5. The van der Waals surface area contributed by atoms with Crippen molar-refractivity contribution >= 4 is 32.2 Å². The molecule has 0 fully saturated rings. The minimum Gasteiger partial charge on any atom is -0.296 e. The van der Waals surface area contributed by atoms with E-state index in [1.54, 1.807) is 13.0 Å². The molecule has 1 amide bonds. The van der Waals surface area contributed by atoms with Gasteiger partial charge in [-0.15, -0.1) is 10.2 Å². The van der Waals surface area contributed by atoms with Crippen molar-refractivity contribution in [2.75, 3.05) is 11.6 Å². The second-order valence-electron chi connectivity index (χ2n) is 5.66. The molecule has 0 spiro atoms. The molecule has 0 radical (unpaired) electrons. The molecule has 6 nitrogen and oxygen atoms in total. The zero-order valence-corrected chi connectivity index (χ0v) is 15.8. The van der Waals surface area contributed by atoms with E-state index >= 15 is 0 Å². The maximum Gasteiger partial charge on any atom is 0.257 e. The van der Waals surface area contributed by atoms with E-state index in [2.05, 4.69) is 29.4 Å². The average Bonchev–Trinajstić information content (AvgIpc) is 2.96. The zero-order chi connectivity index (χ0) is 17.9. The molecule has 0 unspecified atom stereocenters. The summed E-state index contributed by atoms with van der Waals surface area (Å²) in [5.74, 6) is -0.0475. The van der Waals surface area contributed by atoms with E-state index in [1.165, 1.54) is 23.5 Å². The Bertz CT molecular complexity index is 840. The van der Waals surface area contributed by atoms with Crippen LogP contribution in [0, 0.1) is 6.92 Å². The van der Waals surface area contributed by atoms with Crippen LogP contribution >= 0.6 is 11.3 Å². The Labute approximate surface area is 146 Å². The van der Waals surface area contributed by atoms with Crippen molar-refractivity contribution in [3.05, 3.63) is 34.3 Å². The normalized spacial score (nSPS) is 11.7. The summed E-state index contributed by atoms with van der Waals surface area (Å²) < 4.78 is 23.3. The first-order valence-electron chi connectivity index (χ1n) is 7.71. The van der Waals surface area contributed by atoms with E-state index in [0.29, 0.717) is 22.2 Å². The van der Waals surface area contributed by atoms with Gasteiger partial charge in [0.15, 0.2) is 9.84 Å². The number of hydrogen-bond donors (Lipinski definition) is 1. The number of sulfone groups is 1. The highest BCUT2D eigenvalue weighted by Crippen LogP contribution is 2.28. The highest BCUT2D eigenvalue weighted by Gasteiger charge is 2.18. The summed E-state index contributed by atoms with van der Waals surface area (Å²) in [6, 6.07) is 4.52. The largest absolute Gasteiger partial charge is 0.296 e. The van der Waals surface area contributed by atoms with Gasteiger partial charge in [-0.2, -0.15) is 0 Å². The van der Waals surface area contributed by atoms with Gasteiger partial charge in [-0.1, -0.05) is 31.3 Å². The standard InChI is InChI=1S/C16H21N3O3S2/c1-5-11(6-2)15-18-19-16(23-15)17-14(20)13-9-12(24(4,21)22)8-7-10(13)3/h7-9,11H,5-6H2,1-4H3,(H,17,19,20). The molecule has 1 aromatic heterocycles. The van der Waals surface area contributed by atoms with Gasteiger partial charge in [0.05, 0.1) is 4.90 Å². The summed E-state index contributed by atoms with van der Waals surface area (Å²) in [5, 5.41) is 12.2. The quantitative estimate of drug-likeness (QED) is 0.845. The SMILES string of the molecule is CCC(CC)c1nnc(NC(=O)c2cc(S(C)(=O)=O)ccc2C)s1. The third kappa shape index (κ3) is 4.18. The number of aromatic nitrogens is 2. The van der Waals surface area contributed by atoms with Gasteiger partial charge in [-0.25, -0.2) is 8.42 Å². The number of carbonyl (C=O) groups is 1. The van der Waals surface area contributed by atoms with Crippen molar-refractivity contribution in [1.29, 1.82) is 0 Å². The molecule has 0 saturated carbocycles. The Kier molecular flexibility index (Phi) is 5.71. The number of anilines is 1. The molecule has 1 aromatic carbocycles. The number of nitrogens with one attached hydrogen (secondary N) is 1. The van der Waals surface area contributed by atoms with Crippen LogP contribution in [0.3, 0.4) is 0 Å². The number of benzene rings is 1. The molecule has 1 N–H and O–H groups in total. The fourth-order valence-electron chi connectivity index (χ4n) is 2.33. The highest BCUT2D eigenvalue weighted by molar-refractivity contribution is 7.90. The number of nitrogens with zero attached hydrogens (tertiary/aromatic N) is 2. The maximum atomic E-state index is 12.5. The van der Waals surface area contributed by atoms with Gasteiger partial charge in [-0.3, -0.25) is 10.1 Å². The molecule has 0 aliphatic carbocycles. The van der Waals surface area contributed by atoms with Gasteiger partial charge >= 0.3 is 0 Å². The van der Waals surface area contributed by atoms with Gasteiger partial charge in [0, 0.05) is 17.7 Å². The van der Waals surface area contributed by atoms with E-state index in [4.69, 9.17) is 0 Å². The van der Waals surface area contributed by atoms with Crippen LogP contribution in [0.5, 0.6) is 0 Å². The number of aryl methyl sites for hydroxylation is 1. The van der Waals surface area contributed by atoms with Crippen LogP contribution in [0.1, 0.15) is 53.5 Å². The molecule has 130 valence electrons. The van der Waals surface area contributed by atoms with Crippen LogP contribution in [0.15, 0.2) is 23.1 Å². The van der Waals surface area contributed by atoms with Crippen LogP contribution in [0.25, 0.3) is 0 Å². The summed E-state index contributed by atoms with van der Waals surface area (Å²) in [4.78, 5) is 12.6. The van der Waals surface area contributed by atoms with Crippen LogP contribution in [0.2, 0.25) is 0 Å². The van der Waals surface area contributed by atoms with Crippen LogP contribution in [-0.2, 0) is 9.84 Å².